The number of aliphatic hydroxyl groups excluding tert-OH is 1. The average molecular weight is 288 g/mol. The van der Waals surface area contributed by atoms with Crippen molar-refractivity contribution < 1.29 is 9.84 Å². The Hall–Kier alpha value is -0.580. The van der Waals surface area contributed by atoms with E-state index in [0.29, 0.717) is 13.0 Å². The van der Waals surface area contributed by atoms with Crippen molar-refractivity contribution in [3.8, 4) is 5.75 Å². The molecule has 0 amide bonds. The van der Waals surface area contributed by atoms with Gasteiger partial charge in [0.05, 0.1) is 6.10 Å². The predicted octanol–water partition coefficient (Wildman–Crippen LogP) is 2.62. The molecule has 0 aliphatic carbocycles. The summed E-state index contributed by atoms with van der Waals surface area (Å²) in [7, 11) is 0. The highest BCUT2D eigenvalue weighted by atomic mass is 79.9. The molecule has 0 aliphatic heterocycles. The Kier molecular flexibility index (Phi) is 5.25. The molecule has 0 spiro atoms. The lowest BCUT2D eigenvalue weighted by atomic mass is 10.1. The van der Waals surface area contributed by atoms with Crippen LogP contribution >= 0.6 is 15.9 Å². The van der Waals surface area contributed by atoms with Gasteiger partial charge in [-0.25, -0.2) is 0 Å². The van der Waals surface area contributed by atoms with Crippen LogP contribution in [0, 0.1) is 0 Å². The first-order valence-electron chi connectivity index (χ1n) is 5.40. The molecule has 4 heteroatoms. The molecule has 0 aliphatic rings. The number of hydrogen-bond donors (Lipinski definition) is 2. The first kappa shape index (κ1) is 13.5. The second kappa shape index (κ2) is 6.23. The molecule has 0 fully saturated rings. The van der Waals surface area contributed by atoms with Crippen molar-refractivity contribution in [2.45, 2.75) is 32.4 Å². The first-order chi connectivity index (χ1) is 7.54. The lowest BCUT2D eigenvalue weighted by Gasteiger charge is -2.16. The molecule has 90 valence electrons. The Morgan fingerprint density at radius 3 is 2.75 bits per heavy atom. The van der Waals surface area contributed by atoms with Crippen molar-refractivity contribution in [3.05, 3.63) is 28.2 Å². The van der Waals surface area contributed by atoms with Gasteiger partial charge >= 0.3 is 0 Å². The third-order valence-corrected chi connectivity index (χ3v) is 2.86. The van der Waals surface area contributed by atoms with Crippen molar-refractivity contribution in [2.75, 3.05) is 6.61 Å². The Morgan fingerprint density at radius 1 is 1.50 bits per heavy atom. The summed E-state index contributed by atoms with van der Waals surface area (Å²) in [6, 6.07) is 5.62. The Morgan fingerprint density at radius 2 is 2.19 bits per heavy atom. The molecule has 3 nitrogen and oxygen atoms in total. The maximum atomic E-state index is 9.44. The second-order valence-corrected chi connectivity index (χ2v) is 4.76. The van der Waals surface area contributed by atoms with Gasteiger partial charge in [0.15, 0.2) is 0 Å². The van der Waals surface area contributed by atoms with Crippen LogP contribution in [-0.2, 0) is 0 Å². The zero-order valence-electron chi connectivity index (χ0n) is 9.61. The SMILES string of the molecule is CCC(O)COc1ccc(Br)cc1[C@@H](C)N. The molecule has 0 radical (unpaired) electrons. The summed E-state index contributed by atoms with van der Waals surface area (Å²) in [5, 5.41) is 9.44. The molecule has 1 aromatic carbocycles. The number of ether oxygens (including phenoxy) is 1. The van der Waals surface area contributed by atoms with E-state index in [1.807, 2.05) is 32.0 Å². The summed E-state index contributed by atoms with van der Waals surface area (Å²) in [6.07, 6.45) is 0.258. The molecule has 0 saturated carbocycles. The molecule has 1 aromatic rings. The van der Waals surface area contributed by atoms with Crippen LogP contribution in [-0.4, -0.2) is 17.8 Å². The minimum absolute atomic E-state index is 0.0914. The van der Waals surface area contributed by atoms with Crippen LogP contribution in [0.25, 0.3) is 0 Å². The lowest BCUT2D eigenvalue weighted by Crippen LogP contribution is -2.17. The second-order valence-electron chi connectivity index (χ2n) is 3.84. The predicted molar refractivity (Wildman–Crippen MR) is 68.5 cm³/mol. The number of hydrogen-bond acceptors (Lipinski definition) is 3. The summed E-state index contributed by atoms with van der Waals surface area (Å²) in [5.41, 5.74) is 6.80. The average Bonchev–Trinajstić information content (AvgIpc) is 2.26. The highest BCUT2D eigenvalue weighted by Gasteiger charge is 2.10. The summed E-state index contributed by atoms with van der Waals surface area (Å²) >= 11 is 3.40. The van der Waals surface area contributed by atoms with Crippen molar-refractivity contribution >= 4 is 15.9 Å². The largest absolute Gasteiger partial charge is 0.491 e. The van der Waals surface area contributed by atoms with Crippen molar-refractivity contribution in [1.29, 1.82) is 0 Å². The molecular formula is C12H18BrNO2. The summed E-state index contributed by atoms with van der Waals surface area (Å²) in [6.45, 7) is 4.13. The molecule has 0 saturated heterocycles. The van der Waals surface area contributed by atoms with E-state index >= 15 is 0 Å². The quantitative estimate of drug-likeness (QED) is 0.875. The number of benzene rings is 1. The van der Waals surface area contributed by atoms with Gasteiger partial charge in [0, 0.05) is 16.1 Å². The van der Waals surface area contributed by atoms with E-state index in [9.17, 15) is 5.11 Å². The van der Waals surface area contributed by atoms with Gasteiger partial charge in [-0.15, -0.1) is 0 Å². The number of nitrogens with two attached hydrogens (primary N) is 1. The fourth-order valence-corrected chi connectivity index (χ4v) is 1.69. The summed E-state index contributed by atoms with van der Waals surface area (Å²) in [4.78, 5) is 0. The van der Waals surface area contributed by atoms with E-state index in [1.54, 1.807) is 0 Å². The van der Waals surface area contributed by atoms with Crippen LogP contribution in [0.2, 0.25) is 0 Å². The number of aliphatic hydroxyl groups is 1. The van der Waals surface area contributed by atoms with E-state index in [2.05, 4.69) is 15.9 Å². The van der Waals surface area contributed by atoms with Gasteiger partial charge in [-0.2, -0.15) is 0 Å². The highest BCUT2D eigenvalue weighted by Crippen LogP contribution is 2.27. The molecule has 0 bridgehead atoms. The van der Waals surface area contributed by atoms with Gasteiger partial charge in [0.25, 0.3) is 0 Å². The molecule has 0 aromatic heterocycles. The van der Waals surface area contributed by atoms with E-state index in [1.165, 1.54) is 0 Å². The zero-order chi connectivity index (χ0) is 12.1. The third kappa shape index (κ3) is 3.77. The highest BCUT2D eigenvalue weighted by molar-refractivity contribution is 9.10. The van der Waals surface area contributed by atoms with Crippen molar-refractivity contribution in [3.63, 3.8) is 0 Å². The maximum absolute atomic E-state index is 9.44. The van der Waals surface area contributed by atoms with Gasteiger partial charge in [0.1, 0.15) is 12.4 Å². The monoisotopic (exact) mass is 287 g/mol. The van der Waals surface area contributed by atoms with Crippen molar-refractivity contribution in [2.24, 2.45) is 5.73 Å². The van der Waals surface area contributed by atoms with Crippen LogP contribution in [0.15, 0.2) is 22.7 Å². The topological polar surface area (TPSA) is 55.5 Å². The Labute approximate surface area is 105 Å². The van der Waals surface area contributed by atoms with Gasteiger partial charge in [-0.3, -0.25) is 0 Å². The first-order valence-corrected chi connectivity index (χ1v) is 6.19. The standard InChI is InChI=1S/C12H18BrNO2/c1-3-10(15)7-16-12-5-4-9(13)6-11(12)8(2)14/h4-6,8,10,15H,3,7,14H2,1-2H3/t8-,10?/m1/s1. The van der Waals surface area contributed by atoms with E-state index in [-0.39, 0.29) is 6.04 Å². The number of halogens is 1. The van der Waals surface area contributed by atoms with Crippen LogP contribution in [0.3, 0.4) is 0 Å². The Bertz CT molecular complexity index is 342. The normalized spacial score (nSPS) is 14.6. The van der Waals surface area contributed by atoms with Gasteiger partial charge in [-0.05, 0) is 31.5 Å². The van der Waals surface area contributed by atoms with Crippen molar-refractivity contribution in [1.82, 2.24) is 0 Å². The van der Waals surface area contributed by atoms with E-state index in [0.717, 1.165) is 15.8 Å². The maximum Gasteiger partial charge on any atom is 0.124 e. The van der Waals surface area contributed by atoms with Crippen LogP contribution in [0.5, 0.6) is 5.75 Å². The van der Waals surface area contributed by atoms with Crippen LogP contribution < -0.4 is 10.5 Å². The van der Waals surface area contributed by atoms with Crippen LogP contribution in [0.1, 0.15) is 31.9 Å². The van der Waals surface area contributed by atoms with Gasteiger partial charge in [-0.1, -0.05) is 22.9 Å². The van der Waals surface area contributed by atoms with E-state index < -0.39 is 6.10 Å². The summed E-state index contributed by atoms with van der Waals surface area (Å²) in [5.74, 6) is 0.741. The fourth-order valence-electron chi connectivity index (χ4n) is 1.31. The zero-order valence-corrected chi connectivity index (χ0v) is 11.2. The molecule has 2 atom stereocenters. The fraction of sp³-hybridized carbons (Fsp3) is 0.500. The van der Waals surface area contributed by atoms with Crippen LogP contribution in [0.4, 0.5) is 0 Å². The minimum Gasteiger partial charge on any atom is -0.491 e. The molecule has 3 N–H and O–H groups in total. The minimum atomic E-state index is -0.426. The van der Waals surface area contributed by atoms with Gasteiger partial charge < -0.3 is 15.6 Å². The molecule has 1 rings (SSSR count). The molecule has 16 heavy (non-hydrogen) atoms. The van der Waals surface area contributed by atoms with E-state index in [4.69, 9.17) is 10.5 Å². The third-order valence-electron chi connectivity index (χ3n) is 2.36. The van der Waals surface area contributed by atoms with Gasteiger partial charge in [0.2, 0.25) is 0 Å². The molecule has 1 unspecified atom stereocenters. The smallest absolute Gasteiger partial charge is 0.124 e. The molecule has 0 heterocycles. The molecular weight excluding hydrogens is 270 g/mol. The Balaban J connectivity index is 2.78. The number of rotatable bonds is 5. The summed E-state index contributed by atoms with van der Waals surface area (Å²) < 4.78 is 6.53. The lowest BCUT2D eigenvalue weighted by molar-refractivity contribution is 0.103.